The van der Waals surface area contributed by atoms with E-state index in [1.165, 1.54) is 0 Å². The van der Waals surface area contributed by atoms with Crippen molar-refractivity contribution in [3.63, 3.8) is 0 Å². The van der Waals surface area contributed by atoms with Crippen LogP contribution in [-0.2, 0) is 13.0 Å². The molecule has 3 aliphatic heterocycles. The molecule has 2 aromatic rings. The molecule has 2 fully saturated rings. The molecular formula is C19H21F2N3O. The lowest BCUT2D eigenvalue weighted by Gasteiger charge is -2.55. The molecule has 0 saturated carbocycles. The van der Waals surface area contributed by atoms with Crippen molar-refractivity contribution in [2.24, 2.45) is 5.41 Å². The Hall–Kier alpha value is -1.95. The summed E-state index contributed by atoms with van der Waals surface area (Å²) in [6.07, 6.45) is 1.78. The number of halogens is 2. The third kappa shape index (κ3) is 1.97. The van der Waals surface area contributed by atoms with Crippen molar-refractivity contribution in [1.29, 1.82) is 0 Å². The van der Waals surface area contributed by atoms with Crippen molar-refractivity contribution >= 4 is 16.8 Å². The number of likely N-dealkylation sites (tertiary alicyclic amines) is 1. The molecule has 25 heavy (non-hydrogen) atoms. The number of hydrogen-bond acceptors (Lipinski definition) is 2. The molecule has 1 N–H and O–H groups in total. The fraction of sp³-hybridized carbons (Fsp3) is 0.526. The Morgan fingerprint density at radius 2 is 2.00 bits per heavy atom. The summed E-state index contributed by atoms with van der Waals surface area (Å²) >= 11 is 0. The van der Waals surface area contributed by atoms with Crippen LogP contribution in [0.5, 0.6) is 0 Å². The number of alkyl halides is 2. The second-order valence-corrected chi connectivity index (χ2v) is 7.67. The van der Waals surface area contributed by atoms with Gasteiger partial charge in [-0.15, -0.1) is 0 Å². The summed E-state index contributed by atoms with van der Waals surface area (Å²) in [5.74, 6) is -2.78. The SMILES string of the molecule is O=C(c1c2n(c3ccccc13)CCC2)N1CC2(CNCCC2(F)F)C1. The van der Waals surface area contributed by atoms with E-state index in [4.69, 9.17) is 0 Å². The van der Waals surface area contributed by atoms with Gasteiger partial charge in [-0.05, 0) is 18.9 Å². The molecule has 0 radical (unpaired) electrons. The molecule has 0 bridgehead atoms. The molecule has 1 aromatic carbocycles. The second-order valence-electron chi connectivity index (χ2n) is 7.67. The number of piperidine rings is 1. The van der Waals surface area contributed by atoms with Crippen LogP contribution in [0.1, 0.15) is 28.9 Å². The van der Waals surface area contributed by atoms with Gasteiger partial charge in [-0.2, -0.15) is 0 Å². The summed E-state index contributed by atoms with van der Waals surface area (Å²) in [5.41, 5.74) is 1.80. The lowest BCUT2D eigenvalue weighted by atomic mass is 9.70. The van der Waals surface area contributed by atoms with Crippen LogP contribution in [0, 0.1) is 5.41 Å². The number of nitrogens with zero attached hydrogens (tertiary/aromatic N) is 2. The van der Waals surface area contributed by atoms with E-state index in [1.807, 2.05) is 24.3 Å². The molecular weight excluding hydrogens is 324 g/mol. The Morgan fingerprint density at radius 1 is 1.20 bits per heavy atom. The molecule has 5 rings (SSSR count). The monoisotopic (exact) mass is 345 g/mol. The number of carbonyl (C=O) groups is 1. The minimum Gasteiger partial charge on any atom is -0.344 e. The van der Waals surface area contributed by atoms with E-state index in [1.54, 1.807) is 4.90 Å². The van der Waals surface area contributed by atoms with Crippen LogP contribution in [0.4, 0.5) is 8.78 Å². The van der Waals surface area contributed by atoms with Gasteiger partial charge in [-0.3, -0.25) is 4.79 Å². The maximum absolute atomic E-state index is 14.4. The second kappa shape index (κ2) is 5.04. The maximum atomic E-state index is 14.4. The van der Waals surface area contributed by atoms with Crippen LogP contribution in [0.15, 0.2) is 24.3 Å². The third-order valence-electron chi connectivity index (χ3n) is 6.22. The zero-order valence-corrected chi connectivity index (χ0v) is 14.0. The van der Waals surface area contributed by atoms with Crippen LogP contribution < -0.4 is 5.32 Å². The first-order chi connectivity index (χ1) is 12.0. The van der Waals surface area contributed by atoms with Gasteiger partial charge in [0.15, 0.2) is 0 Å². The molecule has 1 spiro atoms. The van der Waals surface area contributed by atoms with Gasteiger partial charge in [-0.25, -0.2) is 8.78 Å². The highest BCUT2D eigenvalue weighted by Gasteiger charge is 2.62. The molecule has 1 amide bonds. The minimum atomic E-state index is -2.69. The summed E-state index contributed by atoms with van der Waals surface area (Å²) in [6, 6.07) is 7.93. The highest BCUT2D eigenvalue weighted by molar-refractivity contribution is 6.09. The zero-order chi connectivity index (χ0) is 17.2. The number of fused-ring (bicyclic) bond motifs is 3. The molecule has 2 saturated heterocycles. The summed E-state index contributed by atoms with van der Waals surface area (Å²) < 4.78 is 31.0. The Kier molecular flexibility index (Phi) is 3.08. The summed E-state index contributed by atoms with van der Waals surface area (Å²) in [5, 5.41) is 4.03. The molecule has 0 unspecified atom stereocenters. The average molecular weight is 345 g/mol. The Bertz CT molecular complexity index is 867. The van der Waals surface area contributed by atoms with Gasteiger partial charge in [0.25, 0.3) is 11.8 Å². The molecule has 0 atom stereocenters. The first kappa shape index (κ1) is 15.3. The summed E-state index contributed by atoms with van der Waals surface area (Å²) in [7, 11) is 0. The van der Waals surface area contributed by atoms with Gasteiger partial charge in [0.1, 0.15) is 0 Å². The predicted octanol–water partition coefficient (Wildman–Crippen LogP) is 2.66. The van der Waals surface area contributed by atoms with Crippen molar-refractivity contribution in [1.82, 2.24) is 14.8 Å². The molecule has 4 nitrogen and oxygen atoms in total. The average Bonchev–Trinajstić information content (AvgIpc) is 3.12. The number of benzene rings is 1. The highest BCUT2D eigenvalue weighted by Crippen LogP contribution is 2.48. The Labute approximate surface area is 144 Å². The number of carbonyl (C=O) groups excluding carboxylic acids is 1. The van der Waals surface area contributed by atoms with E-state index in [0.717, 1.165) is 41.5 Å². The number of nitrogens with one attached hydrogen (secondary N) is 1. The number of para-hydroxylation sites is 1. The summed E-state index contributed by atoms with van der Waals surface area (Å²) in [6.45, 7) is 1.85. The number of aromatic nitrogens is 1. The van der Waals surface area contributed by atoms with Crippen molar-refractivity contribution < 1.29 is 13.6 Å². The molecule has 1 aromatic heterocycles. The van der Waals surface area contributed by atoms with Crippen molar-refractivity contribution in [3.8, 4) is 0 Å². The highest BCUT2D eigenvalue weighted by atomic mass is 19.3. The van der Waals surface area contributed by atoms with E-state index in [2.05, 4.69) is 9.88 Å². The number of aryl methyl sites for hydroxylation is 1. The topological polar surface area (TPSA) is 37.3 Å². The quantitative estimate of drug-likeness (QED) is 0.863. The standard InChI is InChI=1S/C19H21F2N3O/c20-19(21)7-8-22-10-18(19)11-23(12-18)17(25)16-13-4-1-2-5-14(13)24-9-3-6-15(16)24/h1-2,4-5,22H,3,6-12H2. The van der Waals surface area contributed by atoms with Crippen LogP contribution >= 0.6 is 0 Å². The lowest BCUT2D eigenvalue weighted by Crippen LogP contribution is -2.71. The van der Waals surface area contributed by atoms with Gasteiger partial charge >= 0.3 is 0 Å². The fourth-order valence-corrected chi connectivity index (χ4v) is 4.81. The van der Waals surface area contributed by atoms with E-state index in [9.17, 15) is 13.6 Å². The first-order valence-corrected chi connectivity index (χ1v) is 9.00. The molecule has 3 aliphatic rings. The number of hydrogen-bond donors (Lipinski definition) is 1. The van der Waals surface area contributed by atoms with Crippen LogP contribution in [0.3, 0.4) is 0 Å². The smallest absolute Gasteiger partial charge is 0.259 e. The van der Waals surface area contributed by atoms with E-state index in [0.29, 0.717) is 13.1 Å². The largest absolute Gasteiger partial charge is 0.344 e. The van der Waals surface area contributed by atoms with Gasteiger partial charge in [0, 0.05) is 55.7 Å². The number of rotatable bonds is 1. The third-order valence-corrected chi connectivity index (χ3v) is 6.22. The molecule has 6 heteroatoms. The van der Waals surface area contributed by atoms with Gasteiger partial charge in [0.05, 0.1) is 11.0 Å². The zero-order valence-electron chi connectivity index (χ0n) is 14.0. The molecule has 0 aliphatic carbocycles. The van der Waals surface area contributed by atoms with Gasteiger partial charge < -0.3 is 14.8 Å². The van der Waals surface area contributed by atoms with Crippen LogP contribution in [0.2, 0.25) is 0 Å². The first-order valence-electron chi connectivity index (χ1n) is 9.00. The van der Waals surface area contributed by atoms with Crippen LogP contribution in [-0.4, -0.2) is 47.5 Å². The normalized spacial score (nSPS) is 23.7. The van der Waals surface area contributed by atoms with Crippen molar-refractivity contribution in [2.75, 3.05) is 26.2 Å². The molecule has 4 heterocycles. The summed E-state index contributed by atoms with van der Waals surface area (Å²) in [4.78, 5) is 14.8. The van der Waals surface area contributed by atoms with Crippen LogP contribution in [0.25, 0.3) is 10.9 Å². The maximum Gasteiger partial charge on any atom is 0.259 e. The van der Waals surface area contributed by atoms with Crippen molar-refractivity contribution in [2.45, 2.75) is 31.7 Å². The fourth-order valence-electron chi connectivity index (χ4n) is 4.81. The Morgan fingerprint density at radius 3 is 2.80 bits per heavy atom. The van der Waals surface area contributed by atoms with E-state index < -0.39 is 11.3 Å². The van der Waals surface area contributed by atoms with E-state index >= 15 is 0 Å². The molecule has 132 valence electrons. The number of amides is 1. The van der Waals surface area contributed by atoms with E-state index in [-0.39, 0.29) is 25.4 Å². The lowest BCUT2D eigenvalue weighted by molar-refractivity contribution is -0.192. The predicted molar refractivity (Wildman–Crippen MR) is 91.0 cm³/mol. The minimum absolute atomic E-state index is 0.0844. The Balaban J connectivity index is 1.48. The van der Waals surface area contributed by atoms with Gasteiger partial charge in [-0.1, -0.05) is 18.2 Å². The van der Waals surface area contributed by atoms with Crippen molar-refractivity contribution in [3.05, 3.63) is 35.5 Å². The van der Waals surface area contributed by atoms with Gasteiger partial charge in [0.2, 0.25) is 0 Å².